The second-order valence-electron chi connectivity index (χ2n) is 6.22. The minimum absolute atomic E-state index is 0.0330. The van der Waals surface area contributed by atoms with Crippen molar-refractivity contribution in [3.05, 3.63) is 58.1 Å². The van der Waals surface area contributed by atoms with Gasteiger partial charge in [0, 0.05) is 16.3 Å². The van der Waals surface area contributed by atoms with Gasteiger partial charge in [-0.3, -0.25) is 9.52 Å². The van der Waals surface area contributed by atoms with Crippen LogP contribution in [0.15, 0.2) is 47.4 Å². The number of likely N-dealkylation sites (N-methyl/N-ethyl adjacent to an activating group) is 1. The maximum atomic E-state index is 12.7. The molecule has 152 valence electrons. The largest absolute Gasteiger partial charge is 0.346 e. The summed E-state index contributed by atoms with van der Waals surface area (Å²) in [6.07, 6.45) is 0. The summed E-state index contributed by atoms with van der Waals surface area (Å²) in [4.78, 5) is 13.6. The minimum Gasteiger partial charge on any atom is -0.346 e. The molecule has 0 saturated carbocycles. The summed E-state index contributed by atoms with van der Waals surface area (Å²) in [7, 11) is -3.96. The number of rotatable bonds is 9. The van der Waals surface area contributed by atoms with Crippen molar-refractivity contribution >= 4 is 44.8 Å². The Bertz CT molecular complexity index is 915. The van der Waals surface area contributed by atoms with Crippen molar-refractivity contribution in [2.45, 2.75) is 18.7 Å². The topological polar surface area (TPSA) is 79.7 Å². The van der Waals surface area contributed by atoms with Crippen molar-refractivity contribution in [1.29, 1.82) is 0 Å². The van der Waals surface area contributed by atoms with Crippen LogP contribution in [0.5, 0.6) is 0 Å². The Morgan fingerprint density at radius 1 is 1.04 bits per heavy atom. The van der Waals surface area contributed by atoms with Gasteiger partial charge < -0.3 is 10.2 Å². The molecule has 0 atom stereocenters. The molecule has 28 heavy (non-hydrogen) atoms. The van der Waals surface area contributed by atoms with Crippen molar-refractivity contribution in [2.75, 3.05) is 30.9 Å². The zero-order chi connectivity index (χ0) is 20.7. The molecule has 0 spiro atoms. The molecule has 0 aliphatic rings. The number of carbonyl (C=O) groups excluding carboxylic acids is 1. The van der Waals surface area contributed by atoms with Crippen LogP contribution in [0.3, 0.4) is 0 Å². The third-order valence-electron chi connectivity index (χ3n) is 4.34. The van der Waals surface area contributed by atoms with Crippen molar-refractivity contribution in [1.82, 2.24) is 5.32 Å². The molecule has 2 aromatic carbocycles. The average Bonchev–Trinajstić information content (AvgIpc) is 2.67. The first kappa shape index (κ1) is 22.5. The van der Waals surface area contributed by atoms with Gasteiger partial charge in [-0.1, -0.05) is 23.2 Å². The maximum Gasteiger partial charge on any atom is 0.263 e. The van der Waals surface area contributed by atoms with E-state index in [4.69, 9.17) is 23.2 Å². The van der Waals surface area contributed by atoms with Crippen LogP contribution in [-0.4, -0.2) is 40.5 Å². The monoisotopic (exact) mass is 444 g/mol. The summed E-state index contributed by atoms with van der Waals surface area (Å²) in [5.41, 5.74) is 0.577. The Morgan fingerprint density at radius 2 is 1.68 bits per heavy atom. The van der Waals surface area contributed by atoms with E-state index in [9.17, 15) is 13.2 Å². The lowest BCUT2D eigenvalue weighted by Gasteiger charge is -2.15. The molecule has 9 heteroatoms. The van der Waals surface area contributed by atoms with E-state index in [1.165, 1.54) is 23.1 Å². The van der Waals surface area contributed by atoms with Gasteiger partial charge in [-0.05, 0) is 56.3 Å². The fourth-order valence-electron chi connectivity index (χ4n) is 2.64. The second-order valence-corrected chi connectivity index (χ2v) is 8.72. The highest BCUT2D eigenvalue weighted by molar-refractivity contribution is 7.92. The van der Waals surface area contributed by atoms with Gasteiger partial charge >= 0.3 is 0 Å². The Balaban J connectivity index is 2.15. The summed E-state index contributed by atoms with van der Waals surface area (Å²) >= 11 is 11.9. The predicted octanol–water partition coefficient (Wildman–Crippen LogP) is 2.45. The fraction of sp³-hybridized carbons (Fsp3) is 0.316. The molecule has 0 saturated heterocycles. The number of nitrogens with one attached hydrogen (secondary N) is 3. The van der Waals surface area contributed by atoms with E-state index in [-0.39, 0.29) is 21.4 Å². The number of halogens is 2. The van der Waals surface area contributed by atoms with Crippen LogP contribution < -0.4 is 14.9 Å². The highest BCUT2D eigenvalue weighted by Crippen LogP contribution is 2.25. The molecule has 6 nitrogen and oxygen atoms in total. The van der Waals surface area contributed by atoms with Crippen LogP contribution >= 0.6 is 23.2 Å². The number of hydrogen-bond donors (Lipinski definition) is 3. The summed E-state index contributed by atoms with van der Waals surface area (Å²) in [5, 5.41) is 3.34. The molecule has 0 aliphatic heterocycles. The Kier molecular flexibility index (Phi) is 8.12. The van der Waals surface area contributed by atoms with E-state index in [0.29, 0.717) is 17.3 Å². The third kappa shape index (κ3) is 6.10. The normalized spacial score (nSPS) is 11.5. The first-order chi connectivity index (χ1) is 13.3. The smallest absolute Gasteiger partial charge is 0.263 e. The third-order valence-corrected chi connectivity index (χ3v) is 6.46. The molecular formula is C19H24Cl2N3O3S+. The first-order valence-electron chi connectivity index (χ1n) is 8.96. The number of sulfonamides is 1. The van der Waals surface area contributed by atoms with Gasteiger partial charge in [0.1, 0.15) is 4.90 Å². The van der Waals surface area contributed by atoms with Gasteiger partial charge in [-0.25, -0.2) is 8.42 Å². The molecule has 0 aliphatic carbocycles. The SMILES string of the molecule is CC[NH+](CC)CCNC(=O)c1ccc(Cl)c(S(=O)(=O)Nc2ccc(Cl)cc2)c1. The molecule has 2 aromatic rings. The van der Waals surface area contributed by atoms with E-state index in [0.717, 1.165) is 19.6 Å². The maximum absolute atomic E-state index is 12.7. The number of anilines is 1. The lowest BCUT2D eigenvalue weighted by Crippen LogP contribution is -3.12. The molecular weight excluding hydrogens is 421 g/mol. The zero-order valence-electron chi connectivity index (χ0n) is 15.8. The first-order valence-corrected chi connectivity index (χ1v) is 11.2. The zero-order valence-corrected chi connectivity index (χ0v) is 18.1. The fourth-order valence-corrected chi connectivity index (χ4v) is 4.35. The standard InChI is InChI=1S/C19H23Cl2N3O3S/c1-3-24(4-2)12-11-22-19(25)14-5-10-17(21)18(13-14)28(26,27)23-16-8-6-15(20)7-9-16/h5-10,13,23H,3-4,11-12H2,1-2H3,(H,22,25)/p+1. The van der Waals surface area contributed by atoms with Gasteiger partial charge in [-0.15, -0.1) is 0 Å². The number of carbonyl (C=O) groups is 1. The summed E-state index contributed by atoms with van der Waals surface area (Å²) < 4.78 is 27.8. The molecule has 0 heterocycles. The average molecular weight is 445 g/mol. The van der Waals surface area contributed by atoms with Gasteiger partial charge in [0.05, 0.1) is 31.2 Å². The van der Waals surface area contributed by atoms with Crippen LogP contribution in [0, 0.1) is 0 Å². The minimum atomic E-state index is -3.96. The van der Waals surface area contributed by atoms with E-state index < -0.39 is 10.0 Å². The lowest BCUT2D eigenvalue weighted by molar-refractivity contribution is -0.895. The van der Waals surface area contributed by atoms with E-state index in [1.807, 2.05) is 0 Å². The van der Waals surface area contributed by atoms with Crippen LogP contribution in [0.2, 0.25) is 10.0 Å². The summed E-state index contributed by atoms with van der Waals surface area (Å²) in [5.74, 6) is -0.342. The molecule has 0 radical (unpaired) electrons. The summed E-state index contributed by atoms with van der Waals surface area (Å²) in [6, 6.07) is 10.4. The quantitative estimate of drug-likeness (QED) is 0.555. The number of hydrogen-bond acceptors (Lipinski definition) is 3. The number of quaternary nitrogens is 1. The van der Waals surface area contributed by atoms with Gasteiger partial charge in [0.15, 0.2) is 0 Å². The number of benzene rings is 2. The second kappa shape index (κ2) is 10.1. The van der Waals surface area contributed by atoms with E-state index in [2.05, 4.69) is 23.9 Å². The molecule has 0 aromatic heterocycles. The highest BCUT2D eigenvalue weighted by atomic mass is 35.5. The highest BCUT2D eigenvalue weighted by Gasteiger charge is 2.20. The number of amides is 1. The van der Waals surface area contributed by atoms with Gasteiger partial charge in [0.2, 0.25) is 0 Å². The molecule has 3 N–H and O–H groups in total. The van der Waals surface area contributed by atoms with Gasteiger partial charge in [-0.2, -0.15) is 0 Å². The van der Waals surface area contributed by atoms with Crippen LogP contribution in [-0.2, 0) is 10.0 Å². The van der Waals surface area contributed by atoms with Crippen molar-refractivity contribution in [3.8, 4) is 0 Å². The molecule has 0 fully saturated rings. The van der Waals surface area contributed by atoms with E-state index in [1.54, 1.807) is 24.3 Å². The summed E-state index contributed by atoms with van der Waals surface area (Å²) in [6.45, 7) is 7.44. The van der Waals surface area contributed by atoms with Gasteiger partial charge in [0.25, 0.3) is 15.9 Å². The molecule has 2 rings (SSSR count). The lowest BCUT2D eigenvalue weighted by atomic mass is 10.2. The molecule has 1 amide bonds. The van der Waals surface area contributed by atoms with E-state index >= 15 is 0 Å². The van der Waals surface area contributed by atoms with Crippen molar-refractivity contribution in [2.24, 2.45) is 0 Å². The van der Waals surface area contributed by atoms with Crippen molar-refractivity contribution < 1.29 is 18.1 Å². The molecule has 0 bridgehead atoms. The Labute approximate surface area is 175 Å². The van der Waals surface area contributed by atoms with Crippen LogP contribution in [0.25, 0.3) is 0 Å². The van der Waals surface area contributed by atoms with Crippen molar-refractivity contribution in [3.63, 3.8) is 0 Å². The Hall–Kier alpha value is -1.80. The van der Waals surface area contributed by atoms with Crippen LogP contribution in [0.4, 0.5) is 5.69 Å². The Morgan fingerprint density at radius 3 is 2.29 bits per heavy atom. The van der Waals surface area contributed by atoms with Crippen LogP contribution in [0.1, 0.15) is 24.2 Å². The molecule has 0 unspecified atom stereocenters. The predicted molar refractivity (Wildman–Crippen MR) is 113 cm³/mol.